The van der Waals surface area contributed by atoms with E-state index >= 15 is 0 Å². The largest absolute Gasteiger partial charge is 0.394 e. The number of benzene rings is 1. The van der Waals surface area contributed by atoms with Crippen LogP contribution in [0.4, 0.5) is 0 Å². The minimum Gasteiger partial charge on any atom is -0.394 e. The van der Waals surface area contributed by atoms with Crippen molar-refractivity contribution < 1.29 is 18.3 Å². The van der Waals surface area contributed by atoms with Crippen molar-refractivity contribution in [1.82, 2.24) is 4.72 Å². The Morgan fingerprint density at radius 3 is 2.67 bits per heavy atom. The molecule has 18 heavy (non-hydrogen) atoms. The van der Waals surface area contributed by atoms with Crippen molar-refractivity contribution in [2.45, 2.75) is 4.90 Å². The predicted molar refractivity (Wildman–Crippen MR) is 74.9 cm³/mol. The highest BCUT2D eigenvalue weighted by atomic mass is 79.9. The molecule has 0 aliphatic rings. The zero-order valence-corrected chi connectivity index (χ0v) is 13.4. The lowest BCUT2D eigenvalue weighted by molar-refractivity contribution is 0.0961. The van der Waals surface area contributed by atoms with Gasteiger partial charge in [0.05, 0.1) is 24.7 Å². The van der Waals surface area contributed by atoms with Crippen LogP contribution >= 0.6 is 31.9 Å². The Labute approximate surface area is 123 Å². The standard InChI is InChI=1S/C10H13Br2NO4S/c11-8-1-2-9(12)10(7-8)18(15,16)13-3-5-17-6-4-14/h1-2,7,13-14H,3-6H2. The van der Waals surface area contributed by atoms with Crippen molar-refractivity contribution >= 4 is 41.9 Å². The SMILES string of the molecule is O=S(=O)(NCCOCCO)c1cc(Br)ccc1Br. The lowest BCUT2D eigenvalue weighted by Gasteiger charge is -2.09. The molecule has 0 aromatic heterocycles. The maximum Gasteiger partial charge on any atom is 0.241 e. The zero-order valence-electron chi connectivity index (χ0n) is 9.40. The predicted octanol–water partition coefficient (Wildman–Crippen LogP) is 1.50. The number of aliphatic hydroxyl groups excluding tert-OH is 1. The molecular formula is C10H13Br2NO4S. The van der Waals surface area contributed by atoms with Gasteiger partial charge in [-0.1, -0.05) is 15.9 Å². The summed E-state index contributed by atoms with van der Waals surface area (Å²) in [4.78, 5) is 0.166. The van der Waals surface area contributed by atoms with Crippen molar-refractivity contribution in [3.63, 3.8) is 0 Å². The average Bonchev–Trinajstić information content (AvgIpc) is 2.32. The van der Waals surface area contributed by atoms with Crippen LogP contribution in [0, 0.1) is 0 Å². The van der Waals surface area contributed by atoms with E-state index in [-0.39, 0.29) is 31.3 Å². The van der Waals surface area contributed by atoms with Crippen molar-refractivity contribution in [3.8, 4) is 0 Å². The summed E-state index contributed by atoms with van der Waals surface area (Å²) in [5, 5.41) is 8.50. The molecule has 8 heteroatoms. The normalized spacial score (nSPS) is 11.7. The highest BCUT2D eigenvalue weighted by Gasteiger charge is 2.17. The molecule has 2 N–H and O–H groups in total. The molecule has 0 aliphatic heterocycles. The van der Waals surface area contributed by atoms with Gasteiger partial charge in [-0.15, -0.1) is 0 Å². The van der Waals surface area contributed by atoms with E-state index in [2.05, 4.69) is 36.6 Å². The Morgan fingerprint density at radius 1 is 1.28 bits per heavy atom. The Hall–Kier alpha value is 0.01000. The molecule has 1 aromatic carbocycles. The first-order chi connectivity index (χ1) is 8.47. The number of sulfonamides is 1. The molecule has 0 atom stereocenters. The molecule has 1 rings (SSSR count). The summed E-state index contributed by atoms with van der Waals surface area (Å²) < 4.78 is 32.5. The number of halogens is 2. The summed E-state index contributed by atoms with van der Waals surface area (Å²) in [6.07, 6.45) is 0. The number of rotatable bonds is 7. The molecule has 0 radical (unpaired) electrons. The number of hydrogen-bond donors (Lipinski definition) is 2. The van der Waals surface area contributed by atoms with Crippen LogP contribution in [0.5, 0.6) is 0 Å². The maximum absolute atomic E-state index is 12.0. The zero-order chi connectivity index (χ0) is 13.6. The van der Waals surface area contributed by atoms with Gasteiger partial charge in [0.15, 0.2) is 0 Å². The second-order valence-corrected chi connectivity index (χ2v) is 6.81. The first-order valence-corrected chi connectivity index (χ1v) is 8.17. The van der Waals surface area contributed by atoms with Crippen LogP contribution in [-0.2, 0) is 14.8 Å². The third-order valence-corrected chi connectivity index (χ3v) is 4.91. The lowest BCUT2D eigenvalue weighted by atomic mass is 10.4. The van der Waals surface area contributed by atoms with Gasteiger partial charge in [0.25, 0.3) is 0 Å². The highest BCUT2D eigenvalue weighted by Crippen LogP contribution is 2.25. The van der Waals surface area contributed by atoms with Crippen LogP contribution in [0.25, 0.3) is 0 Å². The molecule has 0 spiro atoms. The molecule has 1 aromatic rings. The van der Waals surface area contributed by atoms with Crippen molar-refractivity contribution in [2.75, 3.05) is 26.4 Å². The molecular weight excluding hydrogens is 390 g/mol. The Bertz CT molecular complexity index is 493. The number of nitrogens with one attached hydrogen (secondary N) is 1. The topological polar surface area (TPSA) is 75.6 Å². The molecule has 0 saturated heterocycles. The number of aliphatic hydroxyl groups is 1. The average molecular weight is 403 g/mol. The Kier molecular flexibility index (Phi) is 6.75. The van der Waals surface area contributed by atoms with E-state index in [4.69, 9.17) is 9.84 Å². The maximum atomic E-state index is 12.0. The fourth-order valence-electron chi connectivity index (χ4n) is 1.18. The Morgan fingerprint density at radius 2 is 2.00 bits per heavy atom. The molecule has 0 saturated carbocycles. The summed E-state index contributed by atoms with van der Waals surface area (Å²) in [7, 11) is -3.57. The summed E-state index contributed by atoms with van der Waals surface area (Å²) in [5.74, 6) is 0. The monoisotopic (exact) mass is 401 g/mol. The summed E-state index contributed by atoms with van der Waals surface area (Å²) in [6.45, 7) is 0.485. The lowest BCUT2D eigenvalue weighted by Crippen LogP contribution is -2.28. The van der Waals surface area contributed by atoms with Gasteiger partial charge in [0, 0.05) is 15.5 Å². The Balaban J connectivity index is 2.66. The van der Waals surface area contributed by atoms with Crippen LogP contribution < -0.4 is 4.72 Å². The van der Waals surface area contributed by atoms with Gasteiger partial charge in [-0.2, -0.15) is 0 Å². The number of hydrogen-bond acceptors (Lipinski definition) is 4. The molecule has 0 fully saturated rings. The van der Waals surface area contributed by atoms with Gasteiger partial charge in [-0.25, -0.2) is 13.1 Å². The molecule has 5 nitrogen and oxygen atoms in total. The van der Waals surface area contributed by atoms with E-state index < -0.39 is 10.0 Å². The van der Waals surface area contributed by atoms with E-state index in [1.807, 2.05) is 0 Å². The van der Waals surface area contributed by atoms with E-state index in [0.717, 1.165) is 0 Å². The molecule has 0 unspecified atom stereocenters. The van der Waals surface area contributed by atoms with Crippen LogP contribution in [0.1, 0.15) is 0 Å². The fourth-order valence-corrected chi connectivity index (χ4v) is 3.69. The third-order valence-electron chi connectivity index (χ3n) is 1.96. The summed E-state index contributed by atoms with van der Waals surface area (Å²) in [5.41, 5.74) is 0. The first-order valence-electron chi connectivity index (χ1n) is 5.10. The van der Waals surface area contributed by atoms with Crippen LogP contribution in [0.2, 0.25) is 0 Å². The molecule has 102 valence electrons. The van der Waals surface area contributed by atoms with Crippen LogP contribution in [-0.4, -0.2) is 39.9 Å². The highest BCUT2D eigenvalue weighted by molar-refractivity contribution is 9.11. The van der Waals surface area contributed by atoms with Crippen molar-refractivity contribution in [2.24, 2.45) is 0 Å². The molecule has 0 aliphatic carbocycles. The minimum absolute atomic E-state index is 0.0794. The van der Waals surface area contributed by atoms with E-state index in [0.29, 0.717) is 8.95 Å². The van der Waals surface area contributed by atoms with Gasteiger partial charge >= 0.3 is 0 Å². The quantitative estimate of drug-likeness (QED) is 0.677. The van der Waals surface area contributed by atoms with Crippen molar-refractivity contribution in [3.05, 3.63) is 27.1 Å². The molecule has 0 heterocycles. The van der Waals surface area contributed by atoms with Gasteiger partial charge in [-0.3, -0.25) is 0 Å². The van der Waals surface area contributed by atoms with Gasteiger partial charge < -0.3 is 9.84 Å². The first kappa shape index (κ1) is 16.1. The number of ether oxygens (including phenoxy) is 1. The minimum atomic E-state index is -3.57. The second kappa shape index (κ2) is 7.56. The van der Waals surface area contributed by atoms with Gasteiger partial charge in [-0.05, 0) is 34.1 Å². The van der Waals surface area contributed by atoms with Crippen LogP contribution in [0.3, 0.4) is 0 Å². The summed E-state index contributed by atoms with van der Waals surface area (Å²) >= 11 is 6.42. The molecule has 0 bridgehead atoms. The van der Waals surface area contributed by atoms with Crippen LogP contribution in [0.15, 0.2) is 32.0 Å². The van der Waals surface area contributed by atoms with E-state index in [1.54, 1.807) is 12.1 Å². The summed E-state index contributed by atoms with van der Waals surface area (Å²) in [6, 6.07) is 4.91. The fraction of sp³-hybridized carbons (Fsp3) is 0.400. The third kappa shape index (κ3) is 4.94. The van der Waals surface area contributed by atoms with E-state index in [1.165, 1.54) is 6.07 Å². The van der Waals surface area contributed by atoms with E-state index in [9.17, 15) is 8.42 Å². The smallest absolute Gasteiger partial charge is 0.241 e. The second-order valence-electron chi connectivity index (χ2n) is 3.31. The van der Waals surface area contributed by atoms with Crippen molar-refractivity contribution in [1.29, 1.82) is 0 Å². The van der Waals surface area contributed by atoms with Gasteiger partial charge in [0.2, 0.25) is 10.0 Å². The molecule has 0 amide bonds. The van der Waals surface area contributed by atoms with Gasteiger partial charge in [0.1, 0.15) is 0 Å².